The second kappa shape index (κ2) is 6.14. The fourth-order valence-corrected chi connectivity index (χ4v) is 2.97. The number of nitrogens with one attached hydrogen (secondary N) is 1. The zero-order valence-electron chi connectivity index (χ0n) is 10.1. The molecule has 0 radical (unpaired) electrons. The van der Waals surface area contributed by atoms with Crippen molar-refractivity contribution in [3.8, 4) is 0 Å². The Morgan fingerprint density at radius 1 is 1.11 bits per heavy atom. The van der Waals surface area contributed by atoms with Crippen LogP contribution in [0.4, 0.5) is 0 Å². The molecule has 0 spiro atoms. The molecular weight excluding hydrogens is 284 g/mol. The lowest BCUT2D eigenvalue weighted by atomic mass is 10.2. The van der Waals surface area contributed by atoms with Gasteiger partial charge in [0.1, 0.15) is 0 Å². The number of sulfonamides is 1. The van der Waals surface area contributed by atoms with Crippen molar-refractivity contribution in [3.63, 3.8) is 0 Å². The molecule has 0 fully saturated rings. The van der Waals surface area contributed by atoms with E-state index in [2.05, 4.69) is 9.71 Å². The zero-order valence-corrected chi connectivity index (χ0v) is 11.7. The van der Waals surface area contributed by atoms with Crippen LogP contribution in [0.1, 0.15) is 11.3 Å². The minimum atomic E-state index is -3.43. The summed E-state index contributed by atoms with van der Waals surface area (Å²) in [4.78, 5) is 4.05. The molecule has 1 N–H and O–H groups in total. The molecule has 2 rings (SSSR count). The number of pyridine rings is 1. The average molecular weight is 297 g/mol. The summed E-state index contributed by atoms with van der Waals surface area (Å²) in [5.41, 5.74) is 1.25. The highest BCUT2D eigenvalue weighted by atomic mass is 35.5. The van der Waals surface area contributed by atoms with E-state index in [9.17, 15) is 8.42 Å². The van der Waals surface area contributed by atoms with E-state index in [-0.39, 0.29) is 12.3 Å². The van der Waals surface area contributed by atoms with Gasteiger partial charge in [-0.15, -0.1) is 0 Å². The number of rotatable bonds is 5. The Labute approximate surface area is 117 Å². The Bertz CT molecular complexity index is 645. The summed E-state index contributed by atoms with van der Waals surface area (Å²) in [7, 11) is -3.43. The Balaban J connectivity index is 2.02. The molecule has 1 aromatic heterocycles. The van der Waals surface area contributed by atoms with Gasteiger partial charge in [-0.25, -0.2) is 13.1 Å². The van der Waals surface area contributed by atoms with Crippen molar-refractivity contribution in [1.82, 2.24) is 9.71 Å². The second-order valence-corrected chi connectivity index (χ2v) is 6.21. The standard InChI is InChI=1S/C13H13ClN2O2S/c14-13-7-2-1-5-11(13)10-19(17,18)16-9-12-6-3-4-8-15-12/h1-8,16H,9-10H2. The summed E-state index contributed by atoms with van der Waals surface area (Å²) in [6.45, 7) is 0.174. The number of hydrogen-bond donors (Lipinski definition) is 1. The number of nitrogens with zero attached hydrogens (tertiary/aromatic N) is 1. The van der Waals surface area contributed by atoms with Crippen LogP contribution in [0.2, 0.25) is 5.02 Å². The normalized spacial score (nSPS) is 11.4. The van der Waals surface area contributed by atoms with Gasteiger partial charge in [-0.2, -0.15) is 0 Å². The van der Waals surface area contributed by atoms with Gasteiger partial charge in [0.05, 0.1) is 18.0 Å². The molecule has 0 bridgehead atoms. The maximum atomic E-state index is 11.9. The maximum absolute atomic E-state index is 11.9. The van der Waals surface area contributed by atoms with E-state index in [1.54, 1.807) is 42.6 Å². The molecule has 4 nitrogen and oxygen atoms in total. The Morgan fingerprint density at radius 3 is 2.53 bits per heavy atom. The minimum absolute atomic E-state index is 0.139. The van der Waals surface area contributed by atoms with Crippen molar-refractivity contribution in [2.24, 2.45) is 0 Å². The molecule has 19 heavy (non-hydrogen) atoms. The predicted octanol–water partition coefficient (Wildman–Crippen LogP) is 2.35. The van der Waals surface area contributed by atoms with Crippen molar-refractivity contribution in [2.75, 3.05) is 0 Å². The van der Waals surface area contributed by atoms with Crippen molar-refractivity contribution < 1.29 is 8.42 Å². The molecule has 100 valence electrons. The van der Waals surface area contributed by atoms with Crippen LogP contribution in [-0.4, -0.2) is 13.4 Å². The number of hydrogen-bond acceptors (Lipinski definition) is 3. The van der Waals surface area contributed by atoms with E-state index < -0.39 is 10.0 Å². The molecule has 0 amide bonds. The molecule has 0 aliphatic heterocycles. The topological polar surface area (TPSA) is 59.1 Å². The van der Waals surface area contributed by atoms with Crippen LogP contribution in [-0.2, 0) is 22.3 Å². The van der Waals surface area contributed by atoms with Crippen molar-refractivity contribution in [1.29, 1.82) is 0 Å². The molecule has 0 aliphatic rings. The summed E-state index contributed by atoms with van der Waals surface area (Å²) in [6.07, 6.45) is 1.62. The van der Waals surface area contributed by atoms with Crippen LogP contribution in [0.25, 0.3) is 0 Å². The molecule has 0 saturated carbocycles. The van der Waals surface area contributed by atoms with E-state index in [0.717, 1.165) is 0 Å². The third kappa shape index (κ3) is 4.31. The summed E-state index contributed by atoms with van der Waals surface area (Å²) in [6, 6.07) is 12.2. The zero-order chi connectivity index (χ0) is 13.7. The van der Waals surface area contributed by atoms with Crippen molar-refractivity contribution >= 4 is 21.6 Å². The van der Waals surface area contributed by atoms with Gasteiger partial charge >= 0.3 is 0 Å². The highest BCUT2D eigenvalue weighted by Crippen LogP contribution is 2.17. The van der Waals surface area contributed by atoms with Crippen LogP contribution in [0, 0.1) is 0 Å². The van der Waals surface area contributed by atoms with E-state index in [0.29, 0.717) is 16.3 Å². The van der Waals surface area contributed by atoms with Gasteiger partial charge in [-0.3, -0.25) is 4.98 Å². The van der Waals surface area contributed by atoms with E-state index in [1.807, 2.05) is 6.07 Å². The van der Waals surface area contributed by atoms with E-state index >= 15 is 0 Å². The molecule has 0 saturated heterocycles. The van der Waals surface area contributed by atoms with Gasteiger partial charge in [0.2, 0.25) is 10.0 Å². The molecule has 1 aromatic carbocycles. The van der Waals surface area contributed by atoms with Gasteiger partial charge < -0.3 is 0 Å². The van der Waals surface area contributed by atoms with Crippen LogP contribution < -0.4 is 4.72 Å². The Hall–Kier alpha value is -1.43. The first-order chi connectivity index (χ1) is 9.07. The number of halogens is 1. The third-order valence-corrected chi connectivity index (χ3v) is 4.15. The van der Waals surface area contributed by atoms with Crippen LogP contribution in [0.15, 0.2) is 48.7 Å². The quantitative estimate of drug-likeness (QED) is 0.921. The second-order valence-electron chi connectivity index (χ2n) is 3.99. The van der Waals surface area contributed by atoms with Crippen LogP contribution >= 0.6 is 11.6 Å². The first-order valence-electron chi connectivity index (χ1n) is 5.67. The maximum Gasteiger partial charge on any atom is 0.216 e. The fourth-order valence-electron chi connectivity index (χ4n) is 1.56. The minimum Gasteiger partial charge on any atom is -0.260 e. The van der Waals surface area contributed by atoms with E-state index in [4.69, 9.17) is 11.6 Å². The lowest BCUT2D eigenvalue weighted by Crippen LogP contribution is -2.25. The van der Waals surface area contributed by atoms with Gasteiger partial charge in [0.15, 0.2) is 0 Å². The van der Waals surface area contributed by atoms with Crippen molar-refractivity contribution in [3.05, 3.63) is 64.9 Å². The molecule has 1 heterocycles. The number of benzene rings is 1. The van der Waals surface area contributed by atoms with Crippen LogP contribution in [0.3, 0.4) is 0 Å². The van der Waals surface area contributed by atoms with Crippen molar-refractivity contribution in [2.45, 2.75) is 12.3 Å². The van der Waals surface area contributed by atoms with E-state index in [1.165, 1.54) is 0 Å². The molecule has 2 aromatic rings. The largest absolute Gasteiger partial charge is 0.260 e. The van der Waals surface area contributed by atoms with Gasteiger partial charge in [-0.1, -0.05) is 35.9 Å². The molecular formula is C13H13ClN2O2S. The Kier molecular flexibility index (Phi) is 4.52. The third-order valence-electron chi connectivity index (χ3n) is 2.50. The van der Waals surface area contributed by atoms with Gasteiger partial charge in [0, 0.05) is 11.2 Å². The Morgan fingerprint density at radius 2 is 1.84 bits per heavy atom. The average Bonchev–Trinajstić information content (AvgIpc) is 2.40. The first kappa shape index (κ1) is 14.0. The lowest BCUT2D eigenvalue weighted by molar-refractivity contribution is 0.579. The highest BCUT2D eigenvalue weighted by Gasteiger charge is 2.13. The lowest BCUT2D eigenvalue weighted by Gasteiger charge is -2.07. The summed E-state index contributed by atoms with van der Waals surface area (Å²) in [5.74, 6) is -0.139. The molecule has 0 aliphatic carbocycles. The molecule has 6 heteroatoms. The number of aromatic nitrogens is 1. The fraction of sp³-hybridized carbons (Fsp3) is 0.154. The summed E-state index contributed by atoms with van der Waals surface area (Å²) < 4.78 is 26.4. The highest BCUT2D eigenvalue weighted by molar-refractivity contribution is 7.88. The smallest absolute Gasteiger partial charge is 0.216 e. The monoisotopic (exact) mass is 296 g/mol. The van der Waals surface area contributed by atoms with Gasteiger partial charge in [-0.05, 0) is 23.8 Å². The summed E-state index contributed by atoms with van der Waals surface area (Å²) >= 11 is 5.94. The summed E-state index contributed by atoms with van der Waals surface area (Å²) in [5, 5.41) is 0.450. The first-order valence-corrected chi connectivity index (χ1v) is 7.70. The molecule has 0 atom stereocenters. The van der Waals surface area contributed by atoms with Crippen LogP contribution in [0.5, 0.6) is 0 Å². The SMILES string of the molecule is O=S(=O)(Cc1ccccc1Cl)NCc1ccccn1. The molecule has 0 unspecified atom stereocenters. The predicted molar refractivity (Wildman–Crippen MR) is 75.2 cm³/mol. The van der Waals surface area contributed by atoms with Gasteiger partial charge in [0.25, 0.3) is 0 Å².